The number of ketones is 1. The molecule has 8 nitrogen and oxygen atoms in total. The average molecular weight is 727 g/mol. The number of hydrogen-bond donors (Lipinski definition) is 3. The highest BCUT2D eigenvalue weighted by atomic mass is 16.5. The first kappa shape index (κ1) is 37.9. The van der Waals surface area contributed by atoms with Gasteiger partial charge in [-0.2, -0.15) is 0 Å². The quantitative estimate of drug-likeness (QED) is 0.233. The van der Waals surface area contributed by atoms with Crippen molar-refractivity contribution in [2.45, 2.75) is 145 Å². The van der Waals surface area contributed by atoms with Gasteiger partial charge in [0.1, 0.15) is 12.1 Å². The second-order valence-electron chi connectivity index (χ2n) is 19.8. The third-order valence-electron chi connectivity index (χ3n) is 16.5. The summed E-state index contributed by atoms with van der Waals surface area (Å²) in [6.45, 7) is 18.0. The molecular weight excluding hydrogens is 665 g/mol. The molecule has 1 aromatic heterocycles. The van der Waals surface area contributed by atoms with Crippen LogP contribution >= 0.6 is 0 Å². The van der Waals surface area contributed by atoms with Crippen LogP contribution in [0.5, 0.6) is 0 Å². The molecule has 10 atom stereocenters. The molecule has 0 saturated heterocycles. The summed E-state index contributed by atoms with van der Waals surface area (Å²) in [6.07, 6.45) is 12.9. The molecule has 5 aliphatic carbocycles. The number of aliphatic carboxylic acids is 1. The standard InChI is InChI=1S/C45H62N2O6/c1-9-12-36(49)53-35-16-17-43(6)34(40(35,2)3)15-18-45(8)37(43)33(48)24-29-30-25-42(5,20-19-41(30,4)21-22-44(29,45)7)39(52)47-32(38(50)51)23-27-26-46-31-14-11-10-13-28(27)31/h10-11,13-14,24,26,30,32,34-35,37,46H,9,12,15-23,25H2,1-8H3,(H,47,52)(H,50,51)/t30-,32-,34-,35-,37+,41+,42-,43-,44+,45+/m0/s1. The van der Waals surface area contributed by atoms with Crippen molar-refractivity contribution in [3.63, 3.8) is 0 Å². The zero-order valence-electron chi connectivity index (χ0n) is 33.3. The molecule has 7 rings (SSSR count). The molecule has 1 heterocycles. The number of carboxylic acids is 1. The van der Waals surface area contributed by atoms with Crippen molar-refractivity contribution in [3.8, 4) is 0 Å². The molecule has 0 spiro atoms. The van der Waals surface area contributed by atoms with E-state index in [2.05, 4.69) is 51.8 Å². The van der Waals surface area contributed by atoms with Gasteiger partial charge in [0.25, 0.3) is 0 Å². The zero-order valence-corrected chi connectivity index (χ0v) is 33.3. The van der Waals surface area contributed by atoms with Gasteiger partial charge in [-0.05, 0) is 115 Å². The third-order valence-corrected chi connectivity index (χ3v) is 16.5. The minimum absolute atomic E-state index is 0.0334. The minimum atomic E-state index is -1.05. The number of nitrogens with one attached hydrogen (secondary N) is 2. The number of esters is 1. The van der Waals surface area contributed by atoms with Crippen molar-refractivity contribution in [3.05, 3.63) is 47.7 Å². The number of para-hydroxylation sites is 1. The van der Waals surface area contributed by atoms with E-state index >= 15 is 0 Å². The molecule has 5 aliphatic rings. The molecule has 0 radical (unpaired) electrons. The van der Waals surface area contributed by atoms with Gasteiger partial charge in [0.2, 0.25) is 5.91 Å². The van der Waals surface area contributed by atoms with E-state index in [1.54, 1.807) is 0 Å². The number of amides is 1. The van der Waals surface area contributed by atoms with Crippen molar-refractivity contribution in [1.29, 1.82) is 0 Å². The van der Waals surface area contributed by atoms with Crippen LogP contribution < -0.4 is 5.32 Å². The van der Waals surface area contributed by atoms with Gasteiger partial charge in [-0.25, -0.2) is 4.79 Å². The van der Waals surface area contributed by atoms with Crippen molar-refractivity contribution < 1.29 is 29.0 Å². The van der Waals surface area contributed by atoms with Crippen molar-refractivity contribution in [1.82, 2.24) is 10.3 Å². The maximum Gasteiger partial charge on any atom is 0.326 e. The maximum atomic E-state index is 14.9. The number of carboxylic acid groups (broad SMARTS) is 1. The number of carbonyl (C=O) groups excluding carboxylic acids is 3. The molecule has 1 amide bonds. The number of allylic oxidation sites excluding steroid dienone is 2. The Hall–Kier alpha value is -3.42. The Labute approximate surface area is 315 Å². The molecule has 53 heavy (non-hydrogen) atoms. The molecule has 2 aromatic rings. The highest BCUT2D eigenvalue weighted by Crippen LogP contribution is 2.75. The van der Waals surface area contributed by atoms with Crippen LogP contribution in [0.1, 0.15) is 132 Å². The topological polar surface area (TPSA) is 126 Å². The molecular formula is C45H62N2O6. The van der Waals surface area contributed by atoms with Crippen molar-refractivity contribution in [2.24, 2.45) is 50.2 Å². The number of ether oxygens (including phenoxy) is 1. The largest absolute Gasteiger partial charge is 0.480 e. The van der Waals surface area contributed by atoms with E-state index < -0.39 is 17.4 Å². The normalized spacial score (nSPS) is 39.4. The number of fused-ring (bicyclic) bond motifs is 8. The highest BCUT2D eigenvalue weighted by molar-refractivity contribution is 5.96. The van der Waals surface area contributed by atoms with Gasteiger partial charge in [0.15, 0.2) is 5.78 Å². The fourth-order valence-corrected chi connectivity index (χ4v) is 13.0. The van der Waals surface area contributed by atoms with Crippen molar-refractivity contribution in [2.75, 3.05) is 0 Å². The number of H-pyrrole nitrogens is 1. The van der Waals surface area contributed by atoms with Crippen LogP contribution in [0.15, 0.2) is 42.1 Å². The summed E-state index contributed by atoms with van der Waals surface area (Å²) in [5.41, 5.74) is 1.33. The summed E-state index contributed by atoms with van der Waals surface area (Å²) in [5, 5.41) is 14.2. The lowest BCUT2D eigenvalue weighted by Crippen LogP contribution is -2.67. The molecule has 1 aromatic carbocycles. The van der Waals surface area contributed by atoms with E-state index in [0.29, 0.717) is 19.3 Å². The summed E-state index contributed by atoms with van der Waals surface area (Å²) in [5.74, 6) is -0.955. The summed E-state index contributed by atoms with van der Waals surface area (Å²) in [4.78, 5) is 57.6. The van der Waals surface area contributed by atoms with Crippen LogP contribution in [-0.4, -0.2) is 45.9 Å². The van der Waals surface area contributed by atoms with E-state index in [4.69, 9.17) is 4.74 Å². The Kier molecular flexibility index (Phi) is 9.17. The van der Waals surface area contributed by atoms with Gasteiger partial charge < -0.3 is 20.1 Å². The van der Waals surface area contributed by atoms with Gasteiger partial charge in [-0.1, -0.05) is 79.2 Å². The molecule has 0 unspecified atom stereocenters. The number of carbonyl (C=O) groups is 4. The molecule has 0 aliphatic heterocycles. The van der Waals surface area contributed by atoms with Gasteiger partial charge in [-0.15, -0.1) is 0 Å². The molecule has 4 fully saturated rings. The van der Waals surface area contributed by atoms with Crippen LogP contribution in [0, 0.1) is 50.2 Å². The van der Waals surface area contributed by atoms with Gasteiger partial charge in [0, 0.05) is 46.7 Å². The maximum absolute atomic E-state index is 14.9. The van der Waals surface area contributed by atoms with E-state index in [0.717, 1.165) is 67.8 Å². The number of aromatic nitrogens is 1. The fraction of sp³-hybridized carbons (Fsp3) is 0.689. The SMILES string of the molecule is CCCC(=O)O[C@H]1CC[C@]2(C)[C@H]3C(=O)C=C4[C@@H]5C[C@@](C)(C(=O)N[C@@H](Cc6c[nH]c7ccccc67)C(=O)O)CC[C@]5(C)CC[C@@]4(C)[C@]3(C)CC[C@H]2C1(C)C. The van der Waals surface area contributed by atoms with Crippen LogP contribution in [0.4, 0.5) is 0 Å². The highest BCUT2D eigenvalue weighted by Gasteiger charge is 2.70. The van der Waals surface area contributed by atoms with Crippen LogP contribution in [0.3, 0.4) is 0 Å². The summed E-state index contributed by atoms with van der Waals surface area (Å²) >= 11 is 0. The number of aromatic amines is 1. The van der Waals surface area contributed by atoms with Gasteiger partial charge in [-0.3, -0.25) is 14.4 Å². The lowest BCUT2D eigenvalue weighted by atomic mass is 9.33. The lowest BCUT2D eigenvalue weighted by Gasteiger charge is -2.70. The number of rotatable bonds is 8. The lowest BCUT2D eigenvalue weighted by molar-refractivity contribution is -0.211. The summed E-state index contributed by atoms with van der Waals surface area (Å²) in [6, 6.07) is 6.76. The molecule has 4 saturated carbocycles. The first-order chi connectivity index (χ1) is 24.8. The van der Waals surface area contributed by atoms with Gasteiger partial charge in [0.05, 0.1) is 0 Å². The molecule has 0 bridgehead atoms. The van der Waals surface area contributed by atoms with Crippen LogP contribution in [-0.2, 0) is 30.3 Å². The second-order valence-corrected chi connectivity index (χ2v) is 19.8. The first-order valence-corrected chi connectivity index (χ1v) is 20.4. The average Bonchev–Trinajstić information content (AvgIpc) is 3.50. The Morgan fingerprint density at radius 3 is 2.40 bits per heavy atom. The summed E-state index contributed by atoms with van der Waals surface area (Å²) < 4.78 is 6.12. The minimum Gasteiger partial charge on any atom is -0.480 e. The first-order valence-electron chi connectivity index (χ1n) is 20.4. The monoisotopic (exact) mass is 726 g/mol. The second kappa shape index (κ2) is 12.8. The predicted molar refractivity (Wildman–Crippen MR) is 206 cm³/mol. The van der Waals surface area contributed by atoms with Gasteiger partial charge >= 0.3 is 11.9 Å². The molecule has 3 N–H and O–H groups in total. The smallest absolute Gasteiger partial charge is 0.326 e. The Morgan fingerprint density at radius 1 is 0.962 bits per heavy atom. The van der Waals surface area contributed by atoms with E-state index in [9.17, 15) is 24.3 Å². The fourth-order valence-electron chi connectivity index (χ4n) is 13.0. The van der Waals surface area contributed by atoms with Crippen molar-refractivity contribution >= 4 is 34.5 Å². The molecule has 8 heteroatoms. The molecule has 288 valence electrons. The van der Waals surface area contributed by atoms with Crippen LogP contribution in [0.2, 0.25) is 0 Å². The Morgan fingerprint density at radius 2 is 1.68 bits per heavy atom. The summed E-state index contributed by atoms with van der Waals surface area (Å²) in [7, 11) is 0. The predicted octanol–water partition coefficient (Wildman–Crippen LogP) is 8.97. The number of hydrogen-bond acceptors (Lipinski definition) is 5. The zero-order chi connectivity index (χ0) is 38.4. The van der Waals surface area contributed by atoms with E-state index in [1.165, 1.54) is 5.57 Å². The third kappa shape index (κ3) is 5.73. The van der Waals surface area contributed by atoms with E-state index in [1.807, 2.05) is 50.4 Å². The van der Waals surface area contributed by atoms with E-state index in [-0.39, 0.29) is 75.0 Å². The number of benzene rings is 1. The van der Waals surface area contributed by atoms with Crippen LogP contribution in [0.25, 0.3) is 10.9 Å². The Bertz CT molecular complexity index is 1860. The Balaban J connectivity index is 1.16.